The van der Waals surface area contributed by atoms with Gasteiger partial charge in [0.25, 0.3) is 0 Å². The maximum absolute atomic E-state index is 13.0. The fourth-order valence-electron chi connectivity index (χ4n) is 3.29. The van der Waals surface area contributed by atoms with Gasteiger partial charge in [-0.15, -0.1) is 0 Å². The number of nitrogens with one attached hydrogen (secondary N) is 1. The van der Waals surface area contributed by atoms with Crippen LogP contribution in [-0.4, -0.2) is 46.7 Å². The Morgan fingerprint density at radius 1 is 1.39 bits per heavy atom. The van der Waals surface area contributed by atoms with Gasteiger partial charge in [0.05, 0.1) is 30.8 Å². The fourth-order valence-corrected chi connectivity index (χ4v) is 3.29. The summed E-state index contributed by atoms with van der Waals surface area (Å²) in [4.78, 5) is 26.5. The number of hydrogen-bond acceptors (Lipinski definition) is 4. The number of hydrogen-bond donors (Lipinski definition) is 1. The summed E-state index contributed by atoms with van der Waals surface area (Å²) in [6, 6.07) is 0. The van der Waals surface area contributed by atoms with Crippen molar-refractivity contribution in [3.8, 4) is 0 Å². The fraction of sp³-hybridized carbons (Fsp3) is 0.706. The average molecular weight is 319 g/mol. The van der Waals surface area contributed by atoms with Gasteiger partial charge in [0.1, 0.15) is 0 Å². The highest BCUT2D eigenvalue weighted by molar-refractivity contribution is 5.84. The van der Waals surface area contributed by atoms with Crippen molar-refractivity contribution in [1.82, 2.24) is 15.1 Å². The van der Waals surface area contributed by atoms with Crippen molar-refractivity contribution < 1.29 is 14.3 Å². The Labute approximate surface area is 136 Å². The van der Waals surface area contributed by atoms with Crippen molar-refractivity contribution in [2.24, 2.45) is 5.92 Å². The highest BCUT2D eigenvalue weighted by Crippen LogP contribution is 2.34. The van der Waals surface area contributed by atoms with Crippen LogP contribution in [0.2, 0.25) is 0 Å². The molecule has 0 spiro atoms. The molecule has 1 atom stereocenters. The van der Waals surface area contributed by atoms with E-state index in [1.807, 2.05) is 11.1 Å². The summed E-state index contributed by atoms with van der Waals surface area (Å²) in [6.07, 6.45) is 7.33. The number of amides is 1. The molecule has 6 heteroatoms. The van der Waals surface area contributed by atoms with Crippen molar-refractivity contribution in [3.05, 3.63) is 17.5 Å². The standard InChI is InChI=1S/C17H25N3O3/c1-2-23-15(21)8-9-20(11-12-6-7-12)17(22)14-5-3-4-13-10-18-19-16(13)14/h10,12,14H,2-9,11H2,1H3,(H,18,19)/t14-/m0/s1. The first-order valence-electron chi connectivity index (χ1n) is 8.65. The van der Waals surface area contributed by atoms with E-state index in [1.54, 1.807) is 6.92 Å². The van der Waals surface area contributed by atoms with Gasteiger partial charge in [0, 0.05) is 13.1 Å². The summed E-state index contributed by atoms with van der Waals surface area (Å²) in [6.45, 7) is 3.40. The predicted molar refractivity (Wildman–Crippen MR) is 84.8 cm³/mol. The Bertz CT molecular complexity index is 565. The molecule has 0 aliphatic heterocycles. The van der Waals surface area contributed by atoms with Crippen LogP contribution in [0.25, 0.3) is 0 Å². The number of esters is 1. The van der Waals surface area contributed by atoms with Gasteiger partial charge in [-0.3, -0.25) is 14.7 Å². The van der Waals surface area contributed by atoms with Gasteiger partial charge in [-0.05, 0) is 50.5 Å². The normalized spacial score (nSPS) is 20.0. The largest absolute Gasteiger partial charge is 0.466 e. The minimum absolute atomic E-state index is 0.131. The maximum Gasteiger partial charge on any atom is 0.307 e. The number of aromatic amines is 1. The molecule has 0 unspecified atom stereocenters. The number of rotatable bonds is 7. The van der Waals surface area contributed by atoms with Crippen LogP contribution in [-0.2, 0) is 20.7 Å². The Kier molecular flexibility index (Phi) is 4.98. The topological polar surface area (TPSA) is 75.3 Å². The number of aromatic nitrogens is 2. The summed E-state index contributed by atoms with van der Waals surface area (Å²) in [5.74, 6) is 0.367. The third-order valence-corrected chi connectivity index (χ3v) is 4.72. The van der Waals surface area contributed by atoms with Gasteiger partial charge >= 0.3 is 5.97 Å². The lowest BCUT2D eigenvalue weighted by molar-refractivity contribution is -0.144. The summed E-state index contributed by atoms with van der Waals surface area (Å²) in [5, 5.41) is 7.11. The van der Waals surface area contributed by atoms with Gasteiger partial charge in [-0.2, -0.15) is 5.10 Å². The molecule has 2 aliphatic rings. The third-order valence-electron chi connectivity index (χ3n) is 4.72. The Hall–Kier alpha value is -1.85. The number of H-pyrrole nitrogens is 1. The molecule has 0 aromatic carbocycles. The van der Waals surface area contributed by atoms with Crippen LogP contribution < -0.4 is 0 Å². The van der Waals surface area contributed by atoms with Crippen LogP contribution in [0.15, 0.2) is 6.20 Å². The molecule has 1 N–H and O–H groups in total. The molecule has 0 radical (unpaired) electrons. The molecule has 1 aromatic rings. The van der Waals surface area contributed by atoms with Crippen molar-refractivity contribution in [2.45, 2.75) is 51.4 Å². The van der Waals surface area contributed by atoms with E-state index in [2.05, 4.69) is 10.2 Å². The molecule has 0 bridgehead atoms. The molecule has 1 heterocycles. The van der Waals surface area contributed by atoms with E-state index in [-0.39, 0.29) is 24.2 Å². The molecule has 126 valence electrons. The van der Waals surface area contributed by atoms with E-state index in [0.717, 1.165) is 37.1 Å². The zero-order valence-electron chi connectivity index (χ0n) is 13.7. The van der Waals surface area contributed by atoms with E-state index in [1.165, 1.54) is 12.8 Å². The van der Waals surface area contributed by atoms with Crippen molar-refractivity contribution in [1.29, 1.82) is 0 Å². The first kappa shape index (κ1) is 16.0. The minimum Gasteiger partial charge on any atom is -0.466 e. The minimum atomic E-state index is -0.230. The van der Waals surface area contributed by atoms with Crippen molar-refractivity contribution >= 4 is 11.9 Å². The van der Waals surface area contributed by atoms with Crippen LogP contribution in [0, 0.1) is 5.92 Å². The van der Waals surface area contributed by atoms with Gasteiger partial charge < -0.3 is 9.64 Å². The second-order valence-electron chi connectivity index (χ2n) is 6.54. The smallest absolute Gasteiger partial charge is 0.307 e. The zero-order valence-corrected chi connectivity index (χ0v) is 13.7. The summed E-state index contributed by atoms with van der Waals surface area (Å²) in [7, 11) is 0. The monoisotopic (exact) mass is 319 g/mol. The SMILES string of the molecule is CCOC(=O)CCN(CC1CC1)C(=O)[C@H]1CCCc2cn[nH]c21. The molecule has 1 fully saturated rings. The zero-order chi connectivity index (χ0) is 16.2. The lowest BCUT2D eigenvalue weighted by Gasteiger charge is -2.29. The number of carbonyl (C=O) groups excluding carboxylic acids is 2. The van der Waals surface area contributed by atoms with Crippen LogP contribution in [0.3, 0.4) is 0 Å². The molecule has 2 aliphatic carbocycles. The molecule has 1 saturated carbocycles. The van der Waals surface area contributed by atoms with E-state index in [0.29, 0.717) is 19.1 Å². The molecule has 23 heavy (non-hydrogen) atoms. The van der Waals surface area contributed by atoms with Crippen LogP contribution in [0.4, 0.5) is 0 Å². The van der Waals surface area contributed by atoms with Gasteiger partial charge in [-0.25, -0.2) is 0 Å². The lowest BCUT2D eigenvalue weighted by atomic mass is 9.87. The predicted octanol–water partition coefficient (Wildman–Crippen LogP) is 2.02. The van der Waals surface area contributed by atoms with Crippen molar-refractivity contribution in [3.63, 3.8) is 0 Å². The molecule has 6 nitrogen and oxygen atoms in total. The van der Waals surface area contributed by atoms with Gasteiger partial charge in [0.15, 0.2) is 0 Å². The number of aryl methyl sites for hydroxylation is 1. The van der Waals surface area contributed by atoms with E-state index in [9.17, 15) is 9.59 Å². The van der Waals surface area contributed by atoms with Gasteiger partial charge in [0.2, 0.25) is 5.91 Å². The van der Waals surface area contributed by atoms with E-state index >= 15 is 0 Å². The van der Waals surface area contributed by atoms with Crippen LogP contribution in [0.5, 0.6) is 0 Å². The first-order valence-corrected chi connectivity index (χ1v) is 8.65. The molecular weight excluding hydrogens is 294 g/mol. The Morgan fingerprint density at radius 3 is 2.96 bits per heavy atom. The number of nitrogens with zero attached hydrogens (tertiary/aromatic N) is 2. The lowest BCUT2D eigenvalue weighted by Crippen LogP contribution is -2.39. The molecule has 0 saturated heterocycles. The highest BCUT2D eigenvalue weighted by Gasteiger charge is 2.34. The average Bonchev–Trinajstić information content (AvgIpc) is 3.23. The third kappa shape index (κ3) is 3.92. The molecule has 3 rings (SSSR count). The molecule has 1 aromatic heterocycles. The Morgan fingerprint density at radius 2 is 2.22 bits per heavy atom. The number of fused-ring (bicyclic) bond motifs is 1. The van der Waals surface area contributed by atoms with E-state index in [4.69, 9.17) is 4.74 Å². The second kappa shape index (κ2) is 7.15. The summed E-state index contributed by atoms with van der Waals surface area (Å²) >= 11 is 0. The second-order valence-corrected chi connectivity index (χ2v) is 6.54. The van der Waals surface area contributed by atoms with Gasteiger partial charge in [-0.1, -0.05) is 0 Å². The summed E-state index contributed by atoms with van der Waals surface area (Å²) < 4.78 is 4.99. The van der Waals surface area contributed by atoms with E-state index < -0.39 is 0 Å². The molecular formula is C17H25N3O3. The first-order chi connectivity index (χ1) is 11.2. The van der Waals surface area contributed by atoms with Crippen molar-refractivity contribution in [2.75, 3.05) is 19.7 Å². The quantitative estimate of drug-likeness (QED) is 0.780. The maximum atomic E-state index is 13.0. The molecule has 1 amide bonds. The summed E-state index contributed by atoms with van der Waals surface area (Å²) in [5.41, 5.74) is 2.13. The number of ether oxygens (including phenoxy) is 1. The Balaban J connectivity index is 1.66. The van der Waals surface area contributed by atoms with Crippen LogP contribution >= 0.6 is 0 Å². The number of carbonyl (C=O) groups is 2. The van der Waals surface area contributed by atoms with Crippen LogP contribution in [0.1, 0.15) is 56.2 Å². The highest BCUT2D eigenvalue weighted by atomic mass is 16.5.